The number of hydrogen-bond donors (Lipinski definition) is 1. The van der Waals surface area contributed by atoms with Gasteiger partial charge in [0.1, 0.15) is 0 Å². The van der Waals surface area contributed by atoms with Gasteiger partial charge >= 0.3 is 0 Å². The Morgan fingerprint density at radius 2 is 1.95 bits per heavy atom. The van der Waals surface area contributed by atoms with Gasteiger partial charge in [-0.05, 0) is 26.7 Å². The maximum atomic E-state index is 11.8. The fourth-order valence-electron chi connectivity index (χ4n) is 3.04. The summed E-state index contributed by atoms with van der Waals surface area (Å²) in [7, 11) is -1.11. The lowest BCUT2D eigenvalue weighted by Gasteiger charge is -2.24. The van der Waals surface area contributed by atoms with Crippen molar-refractivity contribution in [3.05, 3.63) is 17.5 Å². The number of aryl methyl sites for hydroxylation is 1. The van der Waals surface area contributed by atoms with Crippen molar-refractivity contribution < 1.29 is 8.42 Å². The summed E-state index contributed by atoms with van der Waals surface area (Å²) in [6.07, 6.45) is 9.71. The van der Waals surface area contributed by atoms with E-state index in [1.807, 2.05) is 11.7 Å². The number of aromatic nitrogens is 2. The van der Waals surface area contributed by atoms with Crippen molar-refractivity contribution in [3.63, 3.8) is 0 Å². The molecule has 2 rings (SSSR count). The third-order valence-electron chi connectivity index (χ3n) is 4.80. The number of rotatable bonds is 6. The van der Waals surface area contributed by atoms with Crippen molar-refractivity contribution in [1.82, 2.24) is 15.1 Å². The first-order chi connectivity index (χ1) is 10.2. The predicted octanol–water partition coefficient (Wildman–Crippen LogP) is 2.38. The Hall–Kier alpha value is -0.880. The lowest BCUT2D eigenvalue weighted by molar-refractivity contribution is 0.430. The highest BCUT2D eigenvalue weighted by Gasteiger charge is 2.30. The Balaban J connectivity index is 2.01. The van der Waals surface area contributed by atoms with E-state index in [4.69, 9.17) is 0 Å². The van der Waals surface area contributed by atoms with Gasteiger partial charge in [0.25, 0.3) is 0 Å². The molecule has 1 fully saturated rings. The number of hydrogen-bond acceptors (Lipinski definition) is 4. The van der Waals surface area contributed by atoms with E-state index in [0.717, 1.165) is 0 Å². The Bertz CT molecular complexity index is 599. The minimum atomic E-state index is -3.07. The summed E-state index contributed by atoms with van der Waals surface area (Å²) >= 11 is 0. The van der Waals surface area contributed by atoms with E-state index in [2.05, 4.69) is 16.6 Å². The smallest absolute Gasteiger partial charge is 0.153 e. The van der Waals surface area contributed by atoms with Crippen molar-refractivity contribution >= 4 is 9.84 Å². The molecule has 1 aromatic heterocycles. The lowest BCUT2D eigenvalue weighted by atomic mass is 9.85. The maximum Gasteiger partial charge on any atom is 0.153 e. The summed E-state index contributed by atoms with van der Waals surface area (Å²) in [5.41, 5.74) is 2.41. The third kappa shape index (κ3) is 4.10. The molecule has 0 saturated heterocycles. The van der Waals surface area contributed by atoms with Gasteiger partial charge in [-0.3, -0.25) is 4.68 Å². The molecule has 0 bridgehead atoms. The zero-order chi connectivity index (χ0) is 16.4. The van der Waals surface area contributed by atoms with Crippen LogP contribution < -0.4 is 5.32 Å². The van der Waals surface area contributed by atoms with Gasteiger partial charge in [0, 0.05) is 44.1 Å². The van der Waals surface area contributed by atoms with E-state index in [1.54, 1.807) is 13.8 Å². The zero-order valence-electron chi connectivity index (χ0n) is 14.2. The Morgan fingerprint density at radius 3 is 2.55 bits per heavy atom. The molecule has 6 heteroatoms. The molecule has 1 aromatic rings. The molecular weight excluding hydrogens is 298 g/mol. The van der Waals surface area contributed by atoms with Gasteiger partial charge in [0.2, 0.25) is 0 Å². The summed E-state index contributed by atoms with van der Waals surface area (Å²) in [4.78, 5) is 0. The van der Waals surface area contributed by atoms with Gasteiger partial charge in [0.05, 0.1) is 10.4 Å². The average Bonchev–Trinajstić information content (AvgIpc) is 2.79. The minimum absolute atomic E-state index is 0.449. The molecule has 126 valence electrons. The molecule has 5 nitrogen and oxygen atoms in total. The summed E-state index contributed by atoms with van der Waals surface area (Å²) in [5.74, 6) is 0.565. The van der Waals surface area contributed by atoms with Crippen LogP contribution in [0, 0.1) is 0 Å². The maximum absolute atomic E-state index is 11.8. The van der Waals surface area contributed by atoms with Gasteiger partial charge in [-0.25, -0.2) is 8.42 Å². The van der Waals surface area contributed by atoms with E-state index in [-0.39, 0.29) is 0 Å². The second kappa shape index (κ2) is 6.71. The molecule has 1 aliphatic carbocycles. The van der Waals surface area contributed by atoms with Crippen molar-refractivity contribution in [1.29, 1.82) is 0 Å². The fraction of sp³-hybridized carbons (Fsp3) is 0.812. The molecule has 0 amide bonds. The first-order valence-electron chi connectivity index (χ1n) is 8.13. The Morgan fingerprint density at radius 1 is 1.32 bits per heavy atom. The highest BCUT2D eigenvalue weighted by molar-refractivity contribution is 7.92. The van der Waals surface area contributed by atoms with E-state index in [1.165, 1.54) is 49.6 Å². The number of nitrogens with zero attached hydrogens (tertiary/aromatic N) is 2. The topological polar surface area (TPSA) is 64.0 Å². The first-order valence-corrected chi connectivity index (χ1v) is 10.0. The first kappa shape index (κ1) is 17.5. The number of sulfone groups is 1. The van der Waals surface area contributed by atoms with Crippen LogP contribution in [0.2, 0.25) is 0 Å². The quantitative estimate of drug-likeness (QED) is 0.871. The molecule has 1 heterocycles. The number of nitrogens with one attached hydrogen (secondary N) is 1. The highest BCUT2D eigenvalue weighted by Crippen LogP contribution is 2.33. The van der Waals surface area contributed by atoms with Gasteiger partial charge in [-0.2, -0.15) is 5.10 Å². The zero-order valence-corrected chi connectivity index (χ0v) is 15.0. The van der Waals surface area contributed by atoms with Crippen LogP contribution in [0.5, 0.6) is 0 Å². The minimum Gasteiger partial charge on any atom is -0.311 e. The monoisotopic (exact) mass is 327 g/mol. The Kier molecular flexibility index (Phi) is 5.33. The van der Waals surface area contributed by atoms with Crippen molar-refractivity contribution in [2.45, 2.75) is 63.2 Å². The van der Waals surface area contributed by atoms with Crippen LogP contribution in [0.25, 0.3) is 0 Å². The largest absolute Gasteiger partial charge is 0.311 e. The summed E-state index contributed by atoms with van der Waals surface area (Å²) in [6.45, 7) is 4.66. The van der Waals surface area contributed by atoms with Gasteiger partial charge in [-0.15, -0.1) is 0 Å². The normalized spacial score (nSPS) is 17.8. The molecule has 1 saturated carbocycles. The predicted molar refractivity (Wildman–Crippen MR) is 89.7 cm³/mol. The lowest BCUT2D eigenvalue weighted by Crippen LogP contribution is -2.41. The second-order valence-corrected chi connectivity index (χ2v) is 9.83. The van der Waals surface area contributed by atoms with Crippen molar-refractivity contribution in [2.24, 2.45) is 7.05 Å². The summed E-state index contributed by atoms with van der Waals surface area (Å²) in [6, 6.07) is 0. The molecule has 1 aliphatic rings. The summed E-state index contributed by atoms with van der Waals surface area (Å²) < 4.78 is 24.6. The van der Waals surface area contributed by atoms with E-state index < -0.39 is 14.6 Å². The standard InChI is InChI=1S/C16H29N3O2S/c1-16(2,22(4,20)21)12-17-10-14-11-19(3)18-15(14)13-8-6-5-7-9-13/h11,13,17H,5-10,12H2,1-4H3. The van der Waals surface area contributed by atoms with Crippen molar-refractivity contribution in [3.8, 4) is 0 Å². The molecule has 0 atom stereocenters. The molecule has 0 unspecified atom stereocenters. The average molecular weight is 327 g/mol. The molecule has 0 radical (unpaired) electrons. The van der Waals surface area contributed by atoms with Gasteiger partial charge in [-0.1, -0.05) is 19.3 Å². The third-order valence-corrected chi connectivity index (χ3v) is 6.95. The van der Waals surface area contributed by atoms with Crippen LogP contribution in [0.1, 0.15) is 63.1 Å². The van der Waals surface area contributed by atoms with E-state index in [9.17, 15) is 8.42 Å². The fourth-order valence-corrected chi connectivity index (χ4v) is 3.40. The van der Waals surface area contributed by atoms with Crippen LogP contribution in [0.3, 0.4) is 0 Å². The molecule has 0 aliphatic heterocycles. The van der Waals surface area contributed by atoms with Crippen LogP contribution in [-0.4, -0.2) is 35.7 Å². The highest BCUT2D eigenvalue weighted by atomic mass is 32.2. The second-order valence-electron chi connectivity index (χ2n) is 7.18. The molecule has 0 aromatic carbocycles. The van der Waals surface area contributed by atoms with Crippen LogP contribution >= 0.6 is 0 Å². The SMILES string of the molecule is Cn1cc(CNCC(C)(C)S(C)(=O)=O)c(C2CCCCC2)n1. The van der Waals surface area contributed by atoms with Crippen LogP contribution in [0.4, 0.5) is 0 Å². The molecule has 1 N–H and O–H groups in total. The molecule has 22 heavy (non-hydrogen) atoms. The van der Waals surface area contributed by atoms with Gasteiger partial charge < -0.3 is 5.32 Å². The molecule has 0 spiro atoms. The Labute approximate surface area is 134 Å². The van der Waals surface area contributed by atoms with E-state index >= 15 is 0 Å². The van der Waals surface area contributed by atoms with Gasteiger partial charge in [0.15, 0.2) is 9.84 Å². The summed E-state index contributed by atoms with van der Waals surface area (Å²) in [5, 5.41) is 7.97. The van der Waals surface area contributed by atoms with Crippen LogP contribution in [-0.2, 0) is 23.4 Å². The van der Waals surface area contributed by atoms with Crippen LogP contribution in [0.15, 0.2) is 6.20 Å². The van der Waals surface area contributed by atoms with Crippen molar-refractivity contribution in [2.75, 3.05) is 12.8 Å². The van der Waals surface area contributed by atoms with E-state index in [0.29, 0.717) is 19.0 Å². The molecular formula is C16H29N3O2S.